The number of hydrogen-bond donors (Lipinski definition) is 0. The van der Waals surface area contributed by atoms with Crippen LogP contribution in [0.15, 0.2) is 54.6 Å². The third-order valence-corrected chi connectivity index (χ3v) is 7.65. The van der Waals surface area contributed by atoms with Gasteiger partial charge in [0.2, 0.25) is 11.8 Å². The van der Waals surface area contributed by atoms with Crippen LogP contribution in [0.1, 0.15) is 16.8 Å². The molecule has 3 fully saturated rings. The van der Waals surface area contributed by atoms with Crippen molar-refractivity contribution in [3.05, 3.63) is 70.2 Å². The van der Waals surface area contributed by atoms with Crippen LogP contribution in [0.25, 0.3) is 0 Å². The highest BCUT2D eigenvalue weighted by molar-refractivity contribution is 6.36. The zero-order chi connectivity index (χ0) is 21.4. The van der Waals surface area contributed by atoms with Crippen LogP contribution in [0.5, 0.6) is 5.75 Å². The molecule has 31 heavy (non-hydrogen) atoms. The highest BCUT2D eigenvalue weighted by Gasteiger charge is 2.67. The second-order valence-electron chi connectivity index (χ2n) is 8.68. The van der Waals surface area contributed by atoms with Gasteiger partial charge in [-0.15, -0.1) is 0 Å². The Morgan fingerprint density at radius 1 is 0.935 bits per heavy atom. The van der Waals surface area contributed by atoms with Crippen molar-refractivity contribution in [2.24, 2.45) is 35.5 Å². The minimum atomic E-state index is -0.645. The molecule has 7 heteroatoms. The quantitative estimate of drug-likeness (QED) is 0.290. The van der Waals surface area contributed by atoms with Gasteiger partial charge in [0.05, 0.1) is 28.1 Å². The molecule has 2 aromatic carbocycles. The van der Waals surface area contributed by atoms with E-state index in [-0.39, 0.29) is 51.8 Å². The molecule has 6 atom stereocenters. The fourth-order valence-electron chi connectivity index (χ4n) is 5.71. The molecule has 2 bridgehead atoms. The van der Waals surface area contributed by atoms with Crippen LogP contribution in [0.3, 0.4) is 0 Å². The van der Waals surface area contributed by atoms with Gasteiger partial charge in [0.1, 0.15) is 5.75 Å². The maximum atomic E-state index is 13.3. The lowest BCUT2D eigenvalue weighted by Gasteiger charge is -2.37. The lowest BCUT2D eigenvalue weighted by atomic mass is 9.63. The van der Waals surface area contributed by atoms with Crippen LogP contribution in [-0.4, -0.2) is 17.8 Å². The van der Waals surface area contributed by atoms with E-state index in [4.69, 9.17) is 27.9 Å². The van der Waals surface area contributed by atoms with Crippen molar-refractivity contribution in [1.82, 2.24) is 0 Å². The van der Waals surface area contributed by atoms with Crippen molar-refractivity contribution in [3.8, 4) is 5.75 Å². The van der Waals surface area contributed by atoms with Crippen molar-refractivity contribution < 1.29 is 19.1 Å². The summed E-state index contributed by atoms with van der Waals surface area (Å²) in [5, 5.41) is 0.598. The Morgan fingerprint density at radius 3 is 2.26 bits per heavy atom. The van der Waals surface area contributed by atoms with E-state index >= 15 is 0 Å². The number of hydrogen-bond acceptors (Lipinski definition) is 4. The summed E-state index contributed by atoms with van der Waals surface area (Å²) in [6.07, 6.45) is 5.40. The van der Waals surface area contributed by atoms with Gasteiger partial charge in [-0.3, -0.25) is 9.59 Å². The van der Waals surface area contributed by atoms with E-state index in [9.17, 15) is 14.4 Å². The van der Waals surface area contributed by atoms with Crippen LogP contribution >= 0.6 is 23.2 Å². The molecular weight excluding hydrogens is 437 g/mol. The van der Waals surface area contributed by atoms with E-state index in [0.29, 0.717) is 22.5 Å². The molecule has 2 amide bonds. The molecule has 5 nitrogen and oxygen atoms in total. The van der Waals surface area contributed by atoms with Crippen LogP contribution in [0, 0.1) is 35.5 Å². The molecule has 1 heterocycles. The normalized spacial score (nSPS) is 32.1. The van der Waals surface area contributed by atoms with E-state index in [0.717, 1.165) is 6.42 Å². The van der Waals surface area contributed by atoms with Gasteiger partial charge in [0, 0.05) is 11.1 Å². The Kier molecular flexibility index (Phi) is 4.11. The standard InChI is InChI=1S/C24H17Cl2NO4/c25-11-4-5-16(19(26)8-11)24(30)31-13-3-1-2-12(9-13)27-22(28)20-14-6-7-15(18-10-17(14)18)21(20)23(27)29/h1-9,14-15,17-18,20-21H,10H2. The Bertz CT molecular complexity index is 1160. The molecule has 0 N–H and O–H groups in total. The number of imide groups is 1. The summed E-state index contributed by atoms with van der Waals surface area (Å²) in [5.74, 6) is 0.156. The van der Waals surface area contributed by atoms with Crippen molar-refractivity contribution in [2.45, 2.75) is 6.42 Å². The molecule has 4 aliphatic carbocycles. The number of allylic oxidation sites excluding steroid dienone is 2. The van der Waals surface area contributed by atoms with E-state index in [2.05, 4.69) is 12.2 Å². The highest BCUT2D eigenvalue weighted by Crippen LogP contribution is 2.65. The fourth-order valence-corrected chi connectivity index (χ4v) is 6.20. The van der Waals surface area contributed by atoms with Crippen molar-refractivity contribution in [2.75, 3.05) is 4.90 Å². The van der Waals surface area contributed by atoms with Gasteiger partial charge in [-0.1, -0.05) is 41.4 Å². The first-order valence-electron chi connectivity index (χ1n) is 10.3. The first-order chi connectivity index (χ1) is 14.9. The maximum absolute atomic E-state index is 13.3. The largest absolute Gasteiger partial charge is 0.423 e. The van der Waals surface area contributed by atoms with E-state index < -0.39 is 5.97 Å². The van der Waals surface area contributed by atoms with Crippen LogP contribution in [0.2, 0.25) is 10.0 Å². The van der Waals surface area contributed by atoms with Crippen molar-refractivity contribution >= 4 is 46.7 Å². The van der Waals surface area contributed by atoms with Gasteiger partial charge in [-0.25, -0.2) is 9.69 Å². The molecule has 0 radical (unpaired) electrons. The minimum Gasteiger partial charge on any atom is -0.423 e. The SMILES string of the molecule is O=C(Oc1cccc(N2C(=O)C3C4C=CC(C5CC45)C3C2=O)c1)c1ccc(Cl)cc1Cl. The van der Waals surface area contributed by atoms with Crippen LogP contribution in [-0.2, 0) is 9.59 Å². The number of nitrogens with zero attached hydrogens (tertiary/aromatic N) is 1. The minimum absolute atomic E-state index is 0.149. The fraction of sp³-hybridized carbons (Fsp3) is 0.292. The first-order valence-corrected chi connectivity index (χ1v) is 11.0. The molecule has 2 aromatic rings. The predicted octanol–water partition coefficient (Wildman–Crippen LogP) is 4.77. The Labute approximate surface area is 188 Å². The molecule has 1 saturated heterocycles. The topological polar surface area (TPSA) is 63.7 Å². The van der Waals surface area contributed by atoms with Gasteiger partial charge in [-0.05, 0) is 60.4 Å². The Morgan fingerprint density at radius 2 is 1.61 bits per heavy atom. The number of anilines is 1. The molecule has 0 spiro atoms. The van der Waals surface area contributed by atoms with Crippen molar-refractivity contribution in [1.29, 1.82) is 0 Å². The number of benzene rings is 2. The number of halogens is 2. The Balaban J connectivity index is 1.27. The summed E-state index contributed by atoms with van der Waals surface area (Å²) in [7, 11) is 0. The summed E-state index contributed by atoms with van der Waals surface area (Å²) in [6.45, 7) is 0. The molecule has 5 aliphatic rings. The first kappa shape index (κ1) is 19.1. The third kappa shape index (κ3) is 2.80. The number of ether oxygens (including phenoxy) is 1. The molecule has 156 valence electrons. The second kappa shape index (κ2) is 6.68. The average Bonchev–Trinajstić information content (AvgIpc) is 3.51. The summed E-state index contributed by atoms with van der Waals surface area (Å²) in [4.78, 5) is 40.4. The summed E-state index contributed by atoms with van der Waals surface area (Å²) in [5.41, 5.74) is 0.600. The Hall–Kier alpha value is -2.63. The van der Waals surface area contributed by atoms with Crippen LogP contribution in [0.4, 0.5) is 5.69 Å². The number of rotatable bonds is 3. The summed E-state index contributed by atoms with van der Waals surface area (Å²) in [6, 6.07) is 11.0. The molecule has 6 unspecified atom stereocenters. The zero-order valence-corrected chi connectivity index (χ0v) is 17.7. The predicted molar refractivity (Wildman–Crippen MR) is 115 cm³/mol. The third-order valence-electron chi connectivity index (χ3n) is 7.10. The second-order valence-corrected chi connectivity index (χ2v) is 9.52. The molecule has 7 rings (SSSR count). The maximum Gasteiger partial charge on any atom is 0.345 e. The number of carbonyl (C=O) groups is 3. The van der Waals surface area contributed by atoms with Crippen molar-refractivity contribution in [3.63, 3.8) is 0 Å². The zero-order valence-electron chi connectivity index (χ0n) is 16.2. The average molecular weight is 454 g/mol. The van der Waals surface area contributed by atoms with E-state index in [1.807, 2.05) is 0 Å². The molecule has 1 aliphatic heterocycles. The van der Waals surface area contributed by atoms with Gasteiger partial charge in [0.15, 0.2) is 0 Å². The highest BCUT2D eigenvalue weighted by atomic mass is 35.5. The molecular formula is C24H17Cl2NO4. The monoisotopic (exact) mass is 453 g/mol. The molecule has 0 aromatic heterocycles. The number of esters is 1. The summed E-state index contributed by atoms with van der Waals surface area (Å²) >= 11 is 12.0. The smallest absolute Gasteiger partial charge is 0.345 e. The summed E-state index contributed by atoms with van der Waals surface area (Å²) < 4.78 is 5.46. The van der Waals surface area contributed by atoms with E-state index in [1.165, 1.54) is 17.0 Å². The lowest BCUT2D eigenvalue weighted by Crippen LogP contribution is -2.40. The van der Waals surface area contributed by atoms with Gasteiger partial charge < -0.3 is 4.74 Å². The van der Waals surface area contributed by atoms with Gasteiger partial charge >= 0.3 is 5.97 Å². The van der Waals surface area contributed by atoms with Gasteiger partial charge in [0.25, 0.3) is 0 Å². The lowest BCUT2D eigenvalue weighted by molar-refractivity contribution is -0.124. The van der Waals surface area contributed by atoms with Crippen LogP contribution < -0.4 is 9.64 Å². The van der Waals surface area contributed by atoms with E-state index in [1.54, 1.807) is 30.3 Å². The number of carbonyl (C=O) groups excluding carboxylic acids is 3. The van der Waals surface area contributed by atoms with Gasteiger partial charge in [-0.2, -0.15) is 0 Å². The molecule has 2 saturated carbocycles. The number of amides is 2.